The van der Waals surface area contributed by atoms with Crippen LogP contribution < -0.4 is 5.32 Å². The molecule has 0 radical (unpaired) electrons. The van der Waals surface area contributed by atoms with E-state index in [4.69, 9.17) is 0 Å². The highest BCUT2D eigenvalue weighted by molar-refractivity contribution is 6.10. The molecule has 2 amide bonds. The number of amides is 2. The van der Waals surface area contributed by atoms with Crippen molar-refractivity contribution >= 4 is 17.5 Å². The van der Waals surface area contributed by atoms with Crippen molar-refractivity contribution in [2.75, 3.05) is 32.0 Å². The van der Waals surface area contributed by atoms with E-state index in [1.165, 1.54) is 0 Å². The SMILES string of the molecule is CN1CCN2C(=O)c3ccccc3NC(=O)C2C1. The predicted molar refractivity (Wildman–Crippen MR) is 67.4 cm³/mol. The Kier molecular flexibility index (Phi) is 2.56. The van der Waals surface area contributed by atoms with Gasteiger partial charge in [-0.3, -0.25) is 9.59 Å². The number of anilines is 1. The fraction of sp³-hybridized carbons (Fsp3) is 0.385. The molecule has 1 aromatic rings. The van der Waals surface area contributed by atoms with E-state index in [2.05, 4.69) is 10.2 Å². The molecule has 1 unspecified atom stereocenters. The molecule has 5 heteroatoms. The Morgan fingerprint density at radius 1 is 1.22 bits per heavy atom. The van der Waals surface area contributed by atoms with Crippen molar-refractivity contribution in [3.05, 3.63) is 29.8 Å². The number of para-hydroxylation sites is 1. The molecule has 3 rings (SSSR count). The van der Waals surface area contributed by atoms with Crippen LogP contribution in [0, 0.1) is 0 Å². The minimum Gasteiger partial charge on any atom is -0.324 e. The molecular formula is C13H15N3O2. The van der Waals surface area contributed by atoms with Crippen LogP contribution in [0.25, 0.3) is 0 Å². The first kappa shape index (κ1) is 11.2. The Morgan fingerprint density at radius 3 is 2.83 bits per heavy atom. The van der Waals surface area contributed by atoms with Gasteiger partial charge in [-0.1, -0.05) is 12.1 Å². The lowest BCUT2D eigenvalue weighted by Gasteiger charge is -2.37. The van der Waals surface area contributed by atoms with Crippen LogP contribution in [0.2, 0.25) is 0 Å². The summed E-state index contributed by atoms with van der Waals surface area (Å²) in [7, 11) is 1.97. The van der Waals surface area contributed by atoms with E-state index < -0.39 is 0 Å². The Balaban J connectivity index is 2.03. The molecule has 0 spiro atoms. The maximum atomic E-state index is 12.4. The molecule has 0 aliphatic carbocycles. The van der Waals surface area contributed by atoms with E-state index in [-0.39, 0.29) is 17.9 Å². The highest BCUT2D eigenvalue weighted by atomic mass is 16.2. The van der Waals surface area contributed by atoms with Crippen LogP contribution in [0.1, 0.15) is 10.4 Å². The number of rotatable bonds is 0. The summed E-state index contributed by atoms with van der Waals surface area (Å²) in [5.41, 5.74) is 1.20. The second-order valence-electron chi connectivity index (χ2n) is 4.81. The highest BCUT2D eigenvalue weighted by Gasteiger charge is 2.37. The molecule has 0 bridgehead atoms. The number of benzene rings is 1. The lowest BCUT2D eigenvalue weighted by molar-refractivity contribution is -0.122. The number of hydrogen-bond acceptors (Lipinski definition) is 3. The third-order valence-corrected chi connectivity index (χ3v) is 3.56. The number of likely N-dealkylation sites (N-methyl/N-ethyl adjacent to an activating group) is 1. The molecule has 18 heavy (non-hydrogen) atoms. The molecule has 1 N–H and O–H groups in total. The van der Waals surface area contributed by atoms with Crippen LogP contribution in [0.4, 0.5) is 5.69 Å². The van der Waals surface area contributed by atoms with Crippen molar-refractivity contribution in [1.29, 1.82) is 0 Å². The zero-order chi connectivity index (χ0) is 12.7. The molecule has 5 nitrogen and oxygen atoms in total. The normalized spacial score (nSPS) is 24.1. The van der Waals surface area contributed by atoms with E-state index in [0.717, 1.165) is 6.54 Å². The molecule has 2 aliphatic rings. The minimum absolute atomic E-state index is 0.0537. The van der Waals surface area contributed by atoms with Gasteiger partial charge in [0.2, 0.25) is 5.91 Å². The van der Waals surface area contributed by atoms with Gasteiger partial charge in [-0.2, -0.15) is 0 Å². The molecule has 94 valence electrons. The van der Waals surface area contributed by atoms with Crippen LogP contribution in [0.5, 0.6) is 0 Å². The molecule has 1 fully saturated rings. The van der Waals surface area contributed by atoms with Gasteiger partial charge >= 0.3 is 0 Å². The van der Waals surface area contributed by atoms with Crippen molar-refractivity contribution < 1.29 is 9.59 Å². The molecule has 1 saturated heterocycles. The largest absolute Gasteiger partial charge is 0.324 e. The number of nitrogens with zero attached hydrogens (tertiary/aromatic N) is 2. The average molecular weight is 245 g/mol. The van der Waals surface area contributed by atoms with Crippen LogP contribution in [-0.4, -0.2) is 54.3 Å². The van der Waals surface area contributed by atoms with Gasteiger partial charge in [-0.15, -0.1) is 0 Å². The predicted octanol–water partition coefficient (Wildman–Crippen LogP) is 0.395. The number of fused-ring (bicyclic) bond motifs is 2. The monoisotopic (exact) mass is 245 g/mol. The first-order valence-corrected chi connectivity index (χ1v) is 6.06. The van der Waals surface area contributed by atoms with E-state index in [9.17, 15) is 9.59 Å². The van der Waals surface area contributed by atoms with Crippen molar-refractivity contribution in [3.63, 3.8) is 0 Å². The van der Waals surface area contributed by atoms with Crippen LogP contribution in [-0.2, 0) is 4.79 Å². The molecule has 1 aromatic carbocycles. The number of carbonyl (C=O) groups excluding carboxylic acids is 2. The minimum atomic E-state index is -0.386. The van der Waals surface area contributed by atoms with Gasteiger partial charge in [0.1, 0.15) is 6.04 Å². The Morgan fingerprint density at radius 2 is 2.00 bits per heavy atom. The Bertz CT molecular complexity index is 515. The van der Waals surface area contributed by atoms with Crippen LogP contribution >= 0.6 is 0 Å². The Labute approximate surface area is 105 Å². The second kappa shape index (κ2) is 4.10. The molecule has 2 aliphatic heterocycles. The smallest absolute Gasteiger partial charge is 0.256 e. The number of piperazine rings is 1. The number of nitrogens with one attached hydrogen (secondary N) is 1. The zero-order valence-electron chi connectivity index (χ0n) is 10.2. The molecule has 1 atom stereocenters. The maximum absolute atomic E-state index is 12.4. The standard InChI is InChI=1S/C13H15N3O2/c1-15-6-7-16-11(8-15)12(17)14-10-5-3-2-4-9(10)13(16)18/h2-5,11H,6-8H2,1H3,(H,14,17). The summed E-state index contributed by atoms with van der Waals surface area (Å²) in [6.45, 7) is 1.99. The van der Waals surface area contributed by atoms with Gasteiger partial charge in [0.05, 0.1) is 11.3 Å². The fourth-order valence-electron chi connectivity index (χ4n) is 2.54. The van der Waals surface area contributed by atoms with Gasteiger partial charge < -0.3 is 15.1 Å². The highest BCUT2D eigenvalue weighted by Crippen LogP contribution is 2.24. The summed E-state index contributed by atoms with van der Waals surface area (Å²) in [6, 6.07) is 6.79. The van der Waals surface area contributed by atoms with Crippen molar-refractivity contribution in [2.45, 2.75) is 6.04 Å². The second-order valence-corrected chi connectivity index (χ2v) is 4.81. The average Bonchev–Trinajstić information content (AvgIpc) is 2.47. The van der Waals surface area contributed by atoms with Crippen molar-refractivity contribution in [2.24, 2.45) is 0 Å². The van der Waals surface area contributed by atoms with E-state index in [1.807, 2.05) is 19.2 Å². The summed E-state index contributed by atoms with van der Waals surface area (Å²) in [5, 5.41) is 2.84. The maximum Gasteiger partial charge on any atom is 0.256 e. The van der Waals surface area contributed by atoms with Crippen LogP contribution in [0.3, 0.4) is 0 Å². The molecule has 0 aromatic heterocycles. The zero-order valence-corrected chi connectivity index (χ0v) is 10.2. The third-order valence-electron chi connectivity index (χ3n) is 3.56. The lowest BCUT2D eigenvalue weighted by atomic mass is 10.1. The first-order valence-electron chi connectivity index (χ1n) is 6.06. The van der Waals surface area contributed by atoms with Crippen molar-refractivity contribution in [1.82, 2.24) is 9.80 Å². The molecule has 2 heterocycles. The molecule has 0 saturated carbocycles. The summed E-state index contributed by atoms with van der Waals surface area (Å²) < 4.78 is 0. The van der Waals surface area contributed by atoms with Crippen molar-refractivity contribution in [3.8, 4) is 0 Å². The van der Waals surface area contributed by atoms with Gasteiger partial charge in [-0.25, -0.2) is 0 Å². The first-order chi connectivity index (χ1) is 8.66. The van der Waals surface area contributed by atoms with Gasteiger partial charge in [0.25, 0.3) is 5.91 Å². The fourth-order valence-corrected chi connectivity index (χ4v) is 2.54. The number of carbonyl (C=O) groups is 2. The van der Waals surface area contributed by atoms with E-state index >= 15 is 0 Å². The van der Waals surface area contributed by atoms with Gasteiger partial charge in [-0.05, 0) is 19.2 Å². The summed E-state index contributed by atoms with van der Waals surface area (Å²) in [5.74, 6) is -0.151. The van der Waals surface area contributed by atoms with E-state index in [0.29, 0.717) is 24.3 Å². The topological polar surface area (TPSA) is 52.6 Å². The summed E-state index contributed by atoms with van der Waals surface area (Å²) >= 11 is 0. The quantitative estimate of drug-likeness (QED) is 0.719. The third kappa shape index (κ3) is 1.67. The van der Waals surface area contributed by atoms with Gasteiger partial charge in [0.15, 0.2) is 0 Å². The van der Waals surface area contributed by atoms with E-state index in [1.54, 1.807) is 17.0 Å². The Hall–Kier alpha value is -1.88. The molecular weight excluding hydrogens is 230 g/mol. The summed E-state index contributed by atoms with van der Waals surface area (Å²) in [6.07, 6.45) is 0. The lowest BCUT2D eigenvalue weighted by Crippen LogP contribution is -2.57. The van der Waals surface area contributed by atoms with Gasteiger partial charge in [0, 0.05) is 19.6 Å². The number of hydrogen-bond donors (Lipinski definition) is 1. The van der Waals surface area contributed by atoms with Crippen LogP contribution in [0.15, 0.2) is 24.3 Å². The summed E-state index contributed by atoms with van der Waals surface area (Å²) in [4.78, 5) is 28.4.